The standard InChI is InChI=1S/C21H16ClFN6O2S/c1-12(28-21-16(10-24)20(25)26-11-27-21)18-8-13-4-2-7-17(22)19(13)32(30,31)29(18)15-6-3-5-14(23)9-15/h2-9,11-12H,1H3,(H3,25,26,27,28). The quantitative estimate of drug-likeness (QED) is 0.594. The van der Waals surface area contributed by atoms with Crippen molar-refractivity contribution < 1.29 is 12.8 Å². The normalized spacial score (nSPS) is 15.3. The number of benzene rings is 2. The molecule has 1 aliphatic rings. The van der Waals surface area contributed by atoms with E-state index < -0.39 is 21.9 Å². The van der Waals surface area contributed by atoms with Gasteiger partial charge in [0.05, 0.1) is 22.4 Å². The number of aromatic nitrogens is 2. The van der Waals surface area contributed by atoms with Crippen LogP contribution in [-0.4, -0.2) is 24.4 Å². The number of nitrogens with one attached hydrogen (secondary N) is 1. The molecule has 4 rings (SSSR count). The van der Waals surface area contributed by atoms with Gasteiger partial charge in [-0.05, 0) is 42.8 Å². The van der Waals surface area contributed by atoms with Gasteiger partial charge in [0.2, 0.25) is 0 Å². The Kier molecular flexibility index (Phi) is 5.46. The zero-order valence-corrected chi connectivity index (χ0v) is 18.2. The molecule has 0 amide bonds. The lowest BCUT2D eigenvalue weighted by Gasteiger charge is -2.34. The molecule has 3 N–H and O–H groups in total. The van der Waals surface area contributed by atoms with Gasteiger partial charge in [-0.3, -0.25) is 0 Å². The van der Waals surface area contributed by atoms with E-state index in [1.807, 2.05) is 6.07 Å². The predicted octanol–water partition coefficient (Wildman–Crippen LogP) is 3.77. The van der Waals surface area contributed by atoms with Crippen LogP contribution in [0.25, 0.3) is 6.08 Å². The molecule has 0 fully saturated rings. The van der Waals surface area contributed by atoms with E-state index in [2.05, 4.69) is 15.3 Å². The zero-order chi connectivity index (χ0) is 23.0. The molecule has 2 aromatic carbocycles. The second kappa shape index (κ2) is 8.11. The first kappa shape index (κ1) is 21.5. The van der Waals surface area contributed by atoms with Crippen LogP contribution in [0, 0.1) is 17.1 Å². The Labute approximate surface area is 188 Å². The van der Waals surface area contributed by atoms with Gasteiger partial charge in [0.1, 0.15) is 40.3 Å². The second-order valence-corrected chi connectivity index (χ2v) is 9.07. The number of halogens is 2. The molecular formula is C21H16ClFN6O2S. The number of anilines is 3. The van der Waals surface area contributed by atoms with Crippen molar-refractivity contribution in [3.63, 3.8) is 0 Å². The van der Waals surface area contributed by atoms with E-state index in [0.29, 0.717) is 5.56 Å². The molecule has 0 bridgehead atoms. The summed E-state index contributed by atoms with van der Waals surface area (Å²) in [7, 11) is -4.19. The third-order valence-electron chi connectivity index (χ3n) is 4.86. The number of nitrogens with zero attached hydrogens (tertiary/aromatic N) is 4. The first-order valence-electron chi connectivity index (χ1n) is 9.32. The van der Waals surface area contributed by atoms with Crippen LogP contribution < -0.4 is 15.4 Å². The molecule has 0 spiro atoms. The topological polar surface area (TPSA) is 125 Å². The highest BCUT2D eigenvalue weighted by molar-refractivity contribution is 7.93. The third-order valence-corrected chi connectivity index (χ3v) is 7.16. The van der Waals surface area contributed by atoms with E-state index in [4.69, 9.17) is 17.3 Å². The van der Waals surface area contributed by atoms with Crippen molar-refractivity contribution >= 4 is 45.0 Å². The van der Waals surface area contributed by atoms with Crippen molar-refractivity contribution in [2.24, 2.45) is 0 Å². The van der Waals surface area contributed by atoms with Crippen molar-refractivity contribution in [2.45, 2.75) is 17.9 Å². The maximum absolute atomic E-state index is 14.0. The summed E-state index contributed by atoms with van der Waals surface area (Å²) in [5, 5.41) is 12.5. The van der Waals surface area contributed by atoms with Gasteiger partial charge in [0.25, 0.3) is 10.0 Å². The summed E-state index contributed by atoms with van der Waals surface area (Å²) < 4.78 is 42.3. The minimum atomic E-state index is -4.19. The largest absolute Gasteiger partial charge is 0.382 e. The molecule has 1 atom stereocenters. The Balaban J connectivity index is 1.89. The Bertz CT molecular complexity index is 1400. The molecule has 2 heterocycles. The fourth-order valence-corrected chi connectivity index (χ4v) is 5.72. The average molecular weight is 471 g/mol. The van der Waals surface area contributed by atoms with Gasteiger partial charge >= 0.3 is 0 Å². The number of nitrogens with two attached hydrogens (primary N) is 1. The number of nitrogen functional groups attached to an aromatic ring is 1. The van der Waals surface area contributed by atoms with Gasteiger partial charge in [-0.25, -0.2) is 27.1 Å². The van der Waals surface area contributed by atoms with Gasteiger partial charge in [0.15, 0.2) is 0 Å². The van der Waals surface area contributed by atoms with Crippen LogP contribution in [0.2, 0.25) is 5.02 Å². The summed E-state index contributed by atoms with van der Waals surface area (Å²) in [5.74, 6) is -0.471. The van der Waals surface area contributed by atoms with Crippen LogP contribution in [0.15, 0.2) is 59.4 Å². The number of hydrogen-bond donors (Lipinski definition) is 2. The van der Waals surface area contributed by atoms with Gasteiger partial charge in [0, 0.05) is 0 Å². The molecule has 32 heavy (non-hydrogen) atoms. The van der Waals surface area contributed by atoms with Crippen molar-refractivity contribution in [2.75, 3.05) is 15.4 Å². The third kappa shape index (κ3) is 3.62. The lowest BCUT2D eigenvalue weighted by molar-refractivity contribution is 0.591. The summed E-state index contributed by atoms with van der Waals surface area (Å²) in [6.45, 7) is 1.68. The summed E-state index contributed by atoms with van der Waals surface area (Å²) in [6, 6.07) is 11.2. The molecule has 0 saturated heterocycles. The summed E-state index contributed by atoms with van der Waals surface area (Å²) >= 11 is 6.23. The van der Waals surface area contributed by atoms with Crippen LogP contribution in [0.4, 0.5) is 21.7 Å². The number of fused-ring (bicyclic) bond motifs is 1. The van der Waals surface area contributed by atoms with Gasteiger partial charge in [-0.1, -0.05) is 29.8 Å². The molecule has 1 aromatic heterocycles. The smallest absolute Gasteiger partial charge is 0.270 e. The minimum Gasteiger partial charge on any atom is -0.382 e. The first-order valence-corrected chi connectivity index (χ1v) is 11.1. The minimum absolute atomic E-state index is 0.0124. The lowest BCUT2D eigenvalue weighted by Crippen LogP contribution is -2.40. The van der Waals surface area contributed by atoms with Crippen LogP contribution >= 0.6 is 11.6 Å². The average Bonchev–Trinajstić information content (AvgIpc) is 2.73. The molecule has 0 saturated carbocycles. The van der Waals surface area contributed by atoms with E-state index in [9.17, 15) is 18.1 Å². The molecule has 11 heteroatoms. The number of sulfonamides is 1. The van der Waals surface area contributed by atoms with E-state index in [1.54, 1.807) is 25.1 Å². The number of hydrogen-bond acceptors (Lipinski definition) is 7. The second-order valence-electron chi connectivity index (χ2n) is 6.94. The summed E-state index contributed by atoms with van der Waals surface area (Å²) in [6.07, 6.45) is 2.83. The van der Waals surface area contributed by atoms with E-state index in [-0.39, 0.29) is 38.5 Å². The fraction of sp³-hybridized carbons (Fsp3) is 0.0952. The fourth-order valence-electron chi connectivity index (χ4n) is 3.45. The van der Waals surface area contributed by atoms with Crippen LogP contribution in [0.5, 0.6) is 0 Å². The van der Waals surface area contributed by atoms with Crippen molar-refractivity contribution in [1.82, 2.24) is 9.97 Å². The maximum Gasteiger partial charge on any atom is 0.270 e. The summed E-state index contributed by atoms with van der Waals surface area (Å²) in [4.78, 5) is 7.77. The monoisotopic (exact) mass is 470 g/mol. The highest BCUT2D eigenvalue weighted by atomic mass is 35.5. The van der Waals surface area contributed by atoms with Gasteiger partial charge in [-0.2, -0.15) is 5.26 Å². The zero-order valence-electron chi connectivity index (χ0n) is 16.6. The number of rotatable bonds is 4. The maximum atomic E-state index is 14.0. The molecule has 162 valence electrons. The highest BCUT2D eigenvalue weighted by Crippen LogP contribution is 2.40. The van der Waals surface area contributed by atoms with E-state index in [0.717, 1.165) is 10.4 Å². The van der Waals surface area contributed by atoms with Gasteiger partial charge < -0.3 is 11.1 Å². The van der Waals surface area contributed by atoms with Crippen LogP contribution in [-0.2, 0) is 10.0 Å². The Hall–Kier alpha value is -3.68. The Morgan fingerprint density at radius 1 is 1.25 bits per heavy atom. The van der Waals surface area contributed by atoms with Crippen LogP contribution in [0.3, 0.4) is 0 Å². The van der Waals surface area contributed by atoms with E-state index in [1.165, 1.54) is 30.6 Å². The molecular weight excluding hydrogens is 455 g/mol. The molecule has 8 nitrogen and oxygen atoms in total. The van der Waals surface area contributed by atoms with E-state index >= 15 is 0 Å². The Morgan fingerprint density at radius 2 is 2.00 bits per heavy atom. The summed E-state index contributed by atoms with van der Waals surface area (Å²) in [5.41, 5.74) is 6.53. The Morgan fingerprint density at radius 3 is 2.72 bits per heavy atom. The number of nitriles is 1. The lowest BCUT2D eigenvalue weighted by atomic mass is 10.1. The first-order chi connectivity index (χ1) is 15.2. The molecule has 3 aromatic rings. The molecule has 0 radical (unpaired) electrons. The van der Waals surface area contributed by atoms with Crippen molar-refractivity contribution in [3.05, 3.63) is 76.5 Å². The van der Waals surface area contributed by atoms with Gasteiger partial charge in [-0.15, -0.1) is 0 Å². The van der Waals surface area contributed by atoms with Crippen molar-refractivity contribution in [3.8, 4) is 6.07 Å². The molecule has 1 unspecified atom stereocenters. The molecule has 1 aliphatic heterocycles. The molecule has 0 aliphatic carbocycles. The van der Waals surface area contributed by atoms with Crippen LogP contribution in [0.1, 0.15) is 18.1 Å². The van der Waals surface area contributed by atoms with Crippen molar-refractivity contribution in [1.29, 1.82) is 5.26 Å². The highest BCUT2D eigenvalue weighted by Gasteiger charge is 2.38. The predicted molar refractivity (Wildman–Crippen MR) is 120 cm³/mol. The SMILES string of the molecule is CC(Nc1ncnc(N)c1C#N)C1=Cc2cccc(Cl)c2S(=O)(=O)N1c1cccc(F)c1.